The summed E-state index contributed by atoms with van der Waals surface area (Å²) in [5.74, 6) is -0.0471. The molecule has 1 amide bonds. The van der Waals surface area contributed by atoms with Gasteiger partial charge in [0.15, 0.2) is 0 Å². The molecule has 0 unspecified atom stereocenters. The van der Waals surface area contributed by atoms with Crippen LogP contribution in [0.5, 0.6) is 0 Å². The van der Waals surface area contributed by atoms with Crippen molar-refractivity contribution in [3.63, 3.8) is 0 Å². The first kappa shape index (κ1) is 14.0. The van der Waals surface area contributed by atoms with Crippen LogP contribution in [0.1, 0.15) is 38.3 Å². The zero-order chi connectivity index (χ0) is 13.8. The first-order valence-electron chi connectivity index (χ1n) is 6.83. The zero-order valence-corrected chi connectivity index (χ0v) is 11.5. The van der Waals surface area contributed by atoms with Gasteiger partial charge in [0.05, 0.1) is 0 Å². The van der Waals surface area contributed by atoms with E-state index in [0.717, 1.165) is 31.5 Å². The van der Waals surface area contributed by atoms with E-state index in [9.17, 15) is 9.18 Å². The Labute approximate surface area is 113 Å². The van der Waals surface area contributed by atoms with E-state index in [4.69, 9.17) is 0 Å². The van der Waals surface area contributed by atoms with E-state index in [-0.39, 0.29) is 17.8 Å². The topological polar surface area (TPSA) is 32.3 Å². The molecule has 3 nitrogen and oxygen atoms in total. The van der Waals surface area contributed by atoms with E-state index in [1.165, 1.54) is 6.07 Å². The summed E-state index contributed by atoms with van der Waals surface area (Å²) in [4.78, 5) is 13.1. The van der Waals surface area contributed by atoms with E-state index in [1.807, 2.05) is 17.9 Å². The highest BCUT2D eigenvalue weighted by Crippen LogP contribution is 2.18. The maximum atomic E-state index is 13.2. The molecule has 0 radical (unpaired) electrons. The van der Waals surface area contributed by atoms with Crippen molar-refractivity contribution in [1.29, 1.82) is 0 Å². The van der Waals surface area contributed by atoms with E-state index in [0.29, 0.717) is 6.04 Å². The molecular weight excluding hydrogens is 243 g/mol. The number of amides is 1. The number of hydrogen-bond donors (Lipinski definition) is 1. The van der Waals surface area contributed by atoms with Crippen LogP contribution in [0.3, 0.4) is 0 Å². The van der Waals surface area contributed by atoms with Crippen molar-refractivity contribution in [2.45, 2.75) is 38.8 Å². The molecular formula is C15H21FN2O. The summed E-state index contributed by atoms with van der Waals surface area (Å²) in [5.41, 5.74) is 0.967. The molecule has 1 aromatic rings. The number of hydrogen-bond acceptors (Lipinski definition) is 2. The van der Waals surface area contributed by atoms with Crippen LogP contribution in [0.15, 0.2) is 24.3 Å². The lowest BCUT2D eigenvalue weighted by Gasteiger charge is -2.33. The number of nitrogens with zero attached hydrogens (tertiary/aromatic N) is 1. The van der Waals surface area contributed by atoms with E-state index in [2.05, 4.69) is 5.32 Å². The van der Waals surface area contributed by atoms with Gasteiger partial charge in [0.25, 0.3) is 0 Å². The number of carbonyl (C=O) groups excluding carboxylic acids is 1. The molecule has 1 saturated heterocycles. The second kappa shape index (κ2) is 6.15. The fourth-order valence-corrected chi connectivity index (χ4v) is 2.59. The minimum Gasteiger partial charge on any atom is -0.343 e. The molecule has 1 N–H and O–H groups in total. The zero-order valence-electron chi connectivity index (χ0n) is 11.5. The number of piperidine rings is 1. The summed E-state index contributed by atoms with van der Waals surface area (Å²) >= 11 is 0. The highest BCUT2D eigenvalue weighted by molar-refractivity contribution is 5.73. The average molecular weight is 264 g/mol. The van der Waals surface area contributed by atoms with E-state index >= 15 is 0 Å². The SMILES string of the molecule is CC(=O)N1CCC(N[C@H](C)c2cccc(F)c2)CC1. The normalized spacial score (nSPS) is 18.4. The Morgan fingerprint density at radius 3 is 2.68 bits per heavy atom. The van der Waals surface area contributed by atoms with E-state index in [1.54, 1.807) is 19.1 Å². The Bertz CT molecular complexity index is 442. The second-order valence-electron chi connectivity index (χ2n) is 5.22. The third kappa shape index (κ3) is 3.77. The van der Waals surface area contributed by atoms with Crippen molar-refractivity contribution in [2.75, 3.05) is 13.1 Å². The molecule has 1 aliphatic heterocycles. The van der Waals surface area contributed by atoms with Crippen LogP contribution in [0.2, 0.25) is 0 Å². The maximum Gasteiger partial charge on any atom is 0.219 e. The second-order valence-corrected chi connectivity index (χ2v) is 5.22. The molecule has 19 heavy (non-hydrogen) atoms. The van der Waals surface area contributed by atoms with Gasteiger partial charge in [0, 0.05) is 32.1 Å². The van der Waals surface area contributed by atoms with Crippen molar-refractivity contribution in [3.05, 3.63) is 35.6 Å². The third-order valence-corrected chi connectivity index (χ3v) is 3.77. The summed E-state index contributed by atoms with van der Waals surface area (Å²) in [6, 6.07) is 7.23. The number of likely N-dealkylation sites (tertiary alicyclic amines) is 1. The lowest BCUT2D eigenvalue weighted by atomic mass is 10.0. The molecule has 0 saturated carbocycles. The Hall–Kier alpha value is -1.42. The Morgan fingerprint density at radius 1 is 1.42 bits per heavy atom. The fourth-order valence-electron chi connectivity index (χ4n) is 2.59. The monoisotopic (exact) mass is 264 g/mol. The number of benzene rings is 1. The van der Waals surface area contributed by atoms with Gasteiger partial charge < -0.3 is 10.2 Å². The van der Waals surface area contributed by atoms with Gasteiger partial charge in [-0.15, -0.1) is 0 Å². The van der Waals surface area contributed by atoms with Gasteiger partial charge in [0.1, 0.15) is 5.82 Å². The molecule has 1 fully saturated rings. The molecule has 104 valence electrons. The minimum absolute atomic E-state index is 0.129. The van der Waals surface area contributed by atoms with Crippen molar-refractivity contribution < 1.29 is 9.18 Å². The summed E-state index contributed by atoms with van der Waals surface area (Å²) in [5, 5.41) is 3.52. The molecule has 1 aromatic carbocycles. The Balaban J connectivity index is 1.87. The predicted molar refractivity (Wildman–Crippen MR) is 73.2 cm³/mol. The first-order valence-corrected chi connectivity index (χ1v) is 6.83. The smallest absolute Gasteiger partial charge is 0.219 e. The Kier molecular flexibility index (Phi) is 4.53. The lowest BCUT2D eigenvalue weighted by Crippen LogP contribution is -2.44. The minimum atomic E-state index is -0.197. The molecule has 0 bridgehead atoms. The van der Waals surface area contributed by atoms with Crippen LogP contribution in [-0.2, 0) is 4.79 Å². The van der Waals surface area contributed by atoms with Crippen molar-refractivity contribution >= 4 is 5.91 Å². The molecule has 4 heteroatoms. The van der Waals surface area contributed by atoms with Crippen molar-refractivity contribution in [2.24, 2.45) is 0 Å². The van der Waals surface area contributed by atoms with E-state index < -0.39 is 0 Å². The molecule has 0 spiro atoms. The lowest BCUT2D eigenvalue weighted by molar-refractivity contribution is -0.129. The highest BCUT2D eigenvalue weighted by Gasteiger charge is 2.21. The van der Waals surface area contributed by atoms with Crippen molar-refractivity contribution in [1.82, 2.24) is 10.2 Å². The van der Waals surface area contributed by atoms with Gasteiger partial charge >= 0.3 is 0 Å². The van der Waals surface area contributed by atoms with Gasteiger partial charge in [-0.1, -0.05) is 12.1 Å². The largest absolute Gasteiger partial charge is 0.343 e. The molecule has 1 aliphatic rings. The van der Waals surface area contributed by atoms with Crippen LogP contribution >= 0.6 is 0 Å². The molecule has 0 aromatic heterocycles. The molecule has 2 rings (SSSR count). The number of nitrogens with one attached hydrogen (secondary N) is 1. The highest BCUT2D eigenvalue weighted by atomic mass is 19.1. The first-order chi connectivity index (χ1) is 9.06. The summed E-state index contributed by atoms with van der Waals surface area (Å²) in [7, 11) is 0. The predicted octanol–water partition coefficient (Wildman–Crippen LogP) is 2.49. The Morgan fingerprint density at radius 2 is 2.11 bits per heavy atom. The standard InChI is InChI=1S/C15H21FN2O/c1-11(13-4-3-5-14(16)10-13)17-15-6-8-18(9-7-15)12(2)19/h3-5,10-11,15,17H,6-9H2,1-2H3/t11-/m1/s1. The van der Waals surface area contributed by atoms with Crippen LogP contribution in [0.25, 0.3) is 0 Å². The quantitative estimate of drug-likeness (QED) is 0.909. The van der Waals surface area contributed by atoms with Gasteiger partial charge in [-0.25, -0.2) is 4.39 Å². The average Bonchev–Trinajstić information content (AvgIpc) is 2.39. The van der Waals surface area contributed by atoms with Crippen LogP contribution in [0, 0.1) is 5.82 Å². The number of rotatable bonds is 3. The third-order valence-electron chi connectivity index (χ3n) is 3.77. The number of halogens is 1. The van der Waals surface area contributed by atoms with Crippen LogP contribution < -0.4 is 5.32 Å². The van der Waals surface area contributed by atoms with Gasteiger partial charge in [0.2, 0.25) is 5.91 Å². The van der Waals surface area contributed by atoms with Gasteiger partial charge in [-0.05, 0) is 37.5 Å². The summed E-state index contributed by atoms with van der Waals surface area (Å²) < 4.78 is 13.2. The molecule has 1 atom stereocenters. The summed E-state index contributed by atoms with van der Waals surface area (Å²) in [6.45, 7) is 5.28. The maximum absolute atomic E-state index is 13.2. The van der Waals surface area contributed by atoms with Gasteiger partial charge in [-0.2, -0.15) is 0 Å². The van der Waals surface area contributed by atoms with Gasteiger partial charge in [-0.3, -0.25) is 4.79 Å². The molecule has 1 heterocycles. The fraction of sp³-hybridized carbons (Fsp3) is 0.533. The van der Waals surface area contributed by atoms with Crippen molar-refractivity contribution in [3.8, 4) is 0 Å². The summed E-state index contributed by atoms with van der Waals surface area (Å²) in [6.07, 6.45) is 1.92. The molecule has 0 aliphatic carbocycles. The number of carbonyl (C=O) groups is 1. The van der Waals surface area contributed by atoms with Crippen LogP contribution in [0.4, 0.5) is 4.39 Å². The van der Waals surface area contributed by atoms with Crippen LogP contribution in [-0.4, -0.2) is 29.9 Å².